The van der Waals surface area contributed by atoms with Gasteiger partial charge in [0.15, 0.2) is 0 Å². The minimum absolute atomic E-state index is 0.791. The van der Waals surface area contributed by atoms with Crippen LogP contribution in [0.15, 0.2) is 0 Å². The van der Waals surface area contributed by atoms with Gasteiger partial charge in [0.2, 0.25) is 0 Å². The van der Waals surface area contributed by atoms with E-state index in [4.69, 9.17) is 4.74 Å². The summed E-state index contributed by atoms with van der Waals surface area (Å²) in [5.41, 5.74) is 0. The number of rotatable bonds is 3. The van der Waals surface area contributed by atoms with Crippen LogP contribution in [-0.2, 0) is 4.74 Å². The molecule has 1 aliphatic heterocycles. The zero-order valence-corrected chi connectivity index (χ0v) is 9.54. The third-order valence-corrected chi connectivity index (χ3v) is 3.83. The minimum atomic E-state index is 0.791. The fraction of sp³-hybridized carbons (Fsp3) is 1.00. The average Bonchev–Trinajstić information content (AvgIpc) is 2.17. The Morgan fingerprint density at radius 2 is 1.86 bits per heavy atom. The average molecular weight is 197 g/mol. The zero-order valence-electron chi connectivity index (χ0n) is 9.54. The second kappa shape index (κ2) is 4.63. The van der Waals surface area contributed by atoms with Gasteiger partial charge in [0, 0.05) is 25.8 Å². The molecule has 0 amide bonds. The lowest BCUT2D eigenvalue weighted by Gasteiger charge is -2.39. The quantitative estimate of drug-likeness (QED) is 0.687. The van der Waals surface area contributed by atoms with E-state index in [1.807, 2.05) is 0 Å². The molecular weight excluding hydrogens is 174 g/mol. The molecule has 1 heterocycles. The van der Waals surface area contributed by atoms with Gasteiger partial charge >= 0.3 is 0 Å². The van der Waals surface area contributed by atoms with Crippen molar-refractivity contribution in [3.05, 3.63) is 0 Å². The van der Waals surface area contributed by atoms with Crippen LogP contribution in [0.1, 0.15) is 32.6 Å². The third-order valence-electron chi connectivity index (χ3n) is 3.83. The van der Waals surface area contributed by atoms with Crippen molar-refractivity contribution in [3.8, 4) is 0 Å². The second-order valence-electron chi connectivity index (χ2n) is 5.23. The first-order valence-electron chi connectivity index (χ1n) is 6.03. The number of ether oxygens (including phenoxy) is 1. The maximum Gasteiger partial charge on any atom is 0.0480 e. The molecule has 0 aromatic rings. The molecule has 2 heteroatoms. The van der Waals surface area contributed by atoms with Crippen LogP contribution in [0.2, 0.25) is 0 Å². The van der Waals surface area contributed by atoms with Crippen LogP contribution in [0, 0.1) is 11.8 Å². The SMILES string of the molecule is CC1CC(CN(C)C2CCOCC2)C1. The fourth-order valence-electron chi connectivity index (χ4n) is 2.90. The summed E-state index contributed by atoms with van der Waals surface area (Å²) in [6.45, 7) is 5.62. The van der Waals surface area contributed by atoms with Crippen LogP contribution in [0.25, 0.3) is 0 Å². The Balaban J connectivity index is 1.69. The molecule has 0 radical (unpaired) electrons. The van der Waals surface area contributed by atoms with Crippen LogP contribution in [0.3, 0.4) is 0 Å². The van der Waals surface area contributed by atoms with E-state index in [0.29, 0.717) is 0 Å². The number of hydrogen-bond donors (Lipinski definition) is 0. The van der Waals surface area contributed by atoms with Gasteiger partial charge < -0.3 is 9.64 Å². The standard InChI is InChI=1S/C12H23NO/c1-10-7-11(8-10)9-13(2)12-3-5-14-6-4-12/h10-12H,3-9H2,1-2H3. The van der Waals surface area contributed by atoms with Gasteiger partial charge in [-0.2, -0.15) is 0 Å². The zero-order chi connectivity index (χ0) is 9.97. The smallest absolute Gasteiger partial charge is 0.0480 e. The lowest BCUT2D eigenvalue weighted by molar-refractivity contribution is 0.0287. The molecule has 14 heavy (non-hydrogen) atoms. The van der Waals surface area contributed by atoms with Crippen LogP contribution >= 0.6 is 0 Å². The third kappa shape index (κ3) is 2.48. The number of hydrogen-bond acceptors (Lipinski definition) is 2. The van der Waals surface area contributed by atoms with Crippen molar-refractivity contribution >= 4 is 0 Å². The van der Waals surface area contributed by atoms with E-state index in [1.165, 1.54) is 32.2 Å². The van der Waals surface area contributed by atoms with Crippen molar-refractivity contribution in [1.29, 1.82) is 0 Å². The Morgan fingerprint density at radius 1 is 1.21 bits per heavy atom. The van der Waals surface area contributed by atoms with Gasteiger partial charge in [0.05, 0.1) is 0 Å². The molecule has 82 valence electrons. The lowest BCUT2D eigenvalue weighted by atomic mass is 9.76. The summed E-state index contributed by atoms with van der Waals surface area (Å²) in [5, 5.41) is 0. The lowest BCUT2D eigenvalue weighted by Crippen LogP contribution is -2.41. The first-order valence-corrected chi connectivity index (χ1v) is 6.03. The van der Waals surface area contributed by atoms with Gasteiger partial charge in [-0.15, -0.1) is 0 Å². The molecule has 2 nitrogen and oxygen atoms in total. The van der Waals surface area contributed by atoms with Gasteiger partial charge in [-0.1, -0.05) is 6.92 Å². The molecule has 2 rings (SSSR count). The van der Waals surface area contributed by atoms with E-state index in [1.54, 1.807) is 0 Å². The predicted octanol–water partition coefficient (Wildman–Crippen LogP) is 2.14. The molecule has 0 aromatic heterocycles. The van der Waals surface area contributed by atoms with Gasteiger partial charge in [0.1, 0.15) is 0 Å². The Kier molecular flexibility index (Phi) is 3.45. The Morgan fingerprint density at radius 3 is 2.43 bits per heavy atom. The van der Waals surface area contributed by atoms with Crippen LogP contribution in [0.4, 0.5) is 0 Å². The van der Waals surface area contributed by atoms with Crippen molar-refractivity contribution in [1.82, 2.24) is 4.90 Å². The Hall–Kier alpha value is -0.0800. The molecule has 0 spiro atoms. The van der Waals surface area contributed by atoms with Crippen molar-refractivity contribution < 1.29 is 4.74 Å². The summed E-state index contributed by atoms with van der Waals surface area (Å²) in [6, 6.07) is 0.791. The molecule has 0 N–H and O–H groups in total. The van der Waals surface area contributed by atoms with Crippen LogP contribution in [-0.4, -0.2) is 37.7 Å². The molecule has 0 unspecified atom stereocenters. The maximum atomic E-state index is 5.39. The summed E-state index contributed by atoms with van der Waals surface area (Å²) in [6.07, 6.45) is 5.37. The molecule has 0 atom stereocenters. The predicted molar refractivity (Wildman–Crippen MR) is 58.4 cm³/mol. The fourth-order valence-corrected chi connectivity index (χ4v) is 2.90. The molecular formula is C12H23NO. The summed E-state index contributed by atoms with van der Waals surface area (Å²) in [5.74, 6) is 1.97. The summed E-state index contributed by atoms with van der Waals surface area (Å²) in [7, 11) is 2.29. The monoisotopic (exact) mass is 197 g/mol. The summed E-state index contributed by atoms with van der Waals surface area (Å²) < 4.78 is 5.39. The van der Waals surface area contributed by atoms with Gasteiger partial charge in [-0.05, 0) is 44.6 Å². The maximum absolute atomic E-state index is 5.39. The minimum Gasteiger partial charge on any atom is -0.381 e. The van der Waals surface area contributed by atoms with E-state index >= 15 is 0 Å². The van der Waals surface area contributed by atoms with E-state index in [2.05, 4.69) is 18.9 Å². The molecule has 2 aliphatic rings. The topological polar surface area (TPSA) is 12.5 Å². The van der Waals surface area contributed by atoms with E-state index in [0.717, 1.165) is 31.1 Å². The Labute approximate surface area is 87.6 Å². The first kappa shape index (κ1) is 10.4. The van der Waals surface area contributed by atoms with Gasteiger partial charge in [0.25, 0.3) is 0 Å². The van der Waals surface area contributed by atoms with Crippen molar-refractivity contribution in [2.45, 2.75) is 38.6 Å². The Bertz CT molecular complexity index is 171. The molecule has 1 saturated heterocycles. The largest absolute Gasteiger partial charge is 0.381 e. The van der Waals surface area contributed by atoms with E-state index in [-0.39, 0.29) is 0 Å². The van der Waals surface area contributed by atoms with Crippen molar-refractivity contribution in [3.63, 3.8) is 0 Å². The highest BCUT2D eigenvalue weighted by Gasteiger charge is 2.28. The molecule has 1 aliphatic carbocycles. The summed E-state index contributed by atoms with van der Waals surface area (Å²) in [4.78, 5) is 2.57. The number of nitrogens with zero attached hydrogens (tertiary/aromatic N) is 1. The second-order valence-corrected chi connectivity index (χ2v) is 5.23. The molecule has 2 fully saturated rings. The highest BCUT2D eigenvalue weighted by molar-refractivity contribution is 4.81. The molecule has 1 saturated carbocycles. The highest BCUT2D eigenvalue weighted by Crippen LogP contribution is 2.34. The van der Waals surface area contributed by atoms with Gasteiger partial charge in [-0.3, -0.25) is 0 Å². The van der Waals surface area contributed by atoms with Gasteiger partial charge in [-0.25, -0.2) is 0 Å². The van der Waals surface area contributed by atoms with Crippen LogP contribution < -0.4 is 0 Å². The highest BCUT2D eigenvalue weighted by atomic mass is 16.5. The van der Waals surface area contributed by atoms with Crippen molar-refractivity contribution in [2.75, 3.05) is 26.8 Å². The normalized spacial score (nSPS) is 34.5. The van der Waals surface area contributed by atoms with E-state index in [9.17, 15) is 0 Å². The van der Waals surface area contributed by atoms with Crippen molar-refractivity contribution in [2.24, 2.45) is 11.8 Å². The van der Waals surface area contributed by atoms with E-state index < -0.39 is 0 Å². The first-order chi connectivity index (χ1) is 6.75. The molecule has 0 bridgehead atoms. The van der Waals surface area contributed by atoms with Crippen LogP contribution in [0.5, 0.6) is 0 Å². The molecule has 0 aromatic carbocycles. The summed E-state index contributed by atoms with van der Waals surface area (Å²) >= 11 is 0.